The molecule has 0 aliphatic carbocycles. The molecule has 2 aliphatic heterocycles. The summed E-state index contributed by atoms with van der Waals surface area (Å²) in [5.41, 5.74) is 0.701. The van der Waals surface area contributed by atoms with Crippen molar-refractivity contribution < 1.29 is 0 Å². The topological polar surface area (TPSA) is 78.0 Å². The third-order valence-corrected chi connectivity index (χ3v) is 10.9. The van der Waals surface area contributed by atoms with Gasteiger partial charge in [0.2, 0.25) is 5.95 Å². The molecule has 2 fully saturated rings. The summed E-state index contributed by atoms with van der Waals surface area (Å²) in [5.74, 6) is 3.57. The highest BCUT2D eigenvalue weighted by atomic mass is 15.2. The molecule has 0 radical (unpaired) electrons. The summed E-state index contributed by atoms with van der Waals surface area (Å²) in [4.78, 5) is 18.0. The fourth-order valence-corrected chi connectivity index (χ4v) is 10.3. The largest absolute Gasteiger partial charge is 0.349 e. The lowest BCUT2D eigenvalue weighted by atomic mass is 9.69. The van der Waals surface area contributed by atoms with Crippen LogP contribution in [0.1, 0.15) is 198 Å². The molecule has 3 heterocycles. The smallest absolute Gasteiger partial charge is 0.226 e. The number of rotatable bonds is 17. The van der Waals surface area contributed by atoms with Gasteiger partial charge in [0, 0.05) is 46.1 Å². The Kier molecular flexibility index (Phi) is 14.2. The number of aryl methyl sites for hydroxylation is 1. The Morgan fingerprint density at radius 1 is 0.714 bits per heavy atom. The number of aromatic nitrogens is 3. The summed E-state index contributed by atoms with van der Waals surface area (Å²) in [5, 5.41) is 11.5. The average Bonchev–Trinajstić information content (AvgIpc) is 2.88. The molecule has 7 nitrogen and oxygen atoms in total. The van der Waals surface area contributed by atoms with Crippen molar-refractivity contribution in [3.8, 4) is 0 Å². The van der Waals surface area contributed by atoms with Crippen LogP contribution in [-0.4, -0.2) is 66.7 Å². The van der Waals surface area contributed by atoms with E-state index in [9.17, 15) is 0 Å². The minimum Gasteiger partial charge on any atom is -0.349 e. The van der Waals surface area contributed by atoms with Crippen molar-refractivity contribution in [2.24, 2.45) is 11.3 Å². The number of hydrogen-bond donors (Lipinski definition) is 3. The van der Waals surface area contributed by atoms with Crippen LogP contribution in [0, 0.1) is 11.3 Å². The van der Waals surface area contributed by atoms with Crippen molar-refractivity contribution in [2.75, 3.05) is 18.4 Å². The van der Waals surface area contributed by atoms with Crippen LogP contribution < -0.4 is 16.0 Å². The van der Waals surface area contributed by atoms with Crippen LogP contribution in [0.15, 0.2) is 0 Å². The Morgan fingerprint density at radius 2 is 1.22 bits per heavy atom. The zero-order valence-electron chi connectivity index (χ0n) is 35.1. The summed E-state index contributed by atoms with van der Waals surface area (Å²) < 4.78 is 0. The van der Waals surface area contributed by atoms with E-state index in [4.69, 9.17) is 15.0 Å². The molecule has 284 valence electrons. The van der Waals surface area contributed by atoms with E-state index in [0.717, 1.165) is 56.2 Å². The molecule has 0 saturated carbocycles. The zero-order valence-corrected chi connectivity index (χ0v) is 35.1. The highest BCUT2D eigenvalue weighted by Gasteiger charge is 2.42. The molecule has 1 aromatic heterocycles. The number of hydrogen-bond acceptors (Lipinski definition) is 7. The molecule has 1 aromatic rings. The Bertz CT molecular complexity index is 1130. The Hall–Kier alpha value is -1.31. The van der Waals surface area contributed by atoms with Crippen LogP contribution >= 0.6 is 0 Å². The second-order valence-corrected chi connectivity index (χ2v) is 20.7. The summed E-state index contributed by atoms with van der Waals surface area (Å²) in [7, 11) is 0. The molecule has 2 aliphatic rings. The van der Waals surface area contributed by atoms with E-state index >= 15 is 0 Å². The van der Waals surface area contributed by atoms with Crippen LogP contribution in [0.25, 0.3) is 0 Å². The second kappa shape index (κ2) is 16.6. The first kappa shape index (κ1) is 42.1. The van der Waals surface area contributed by atoms with Gasteiger partial charge in [0.15, 0.2) is 0 Å². The molecule has 3 rings (SSSR count). The minimum atomic E-state index is -0.106. The Morgan fingerprint density at radius 3 is 1.73 bits per heavy atom. The SMILES string of the molecule is CCc1nc(NC(C)(C)CC(C)(C)C)nc(C(CCCCCCCCN(CC)C2CC(C)(C)NC(C)(C)C2)C2CC(C)(C)NC(C)(C)C2)n1. The van der Waals surface area contributed by atoms with Crippen LogP contribution in [0.4, 0.5) is 5.95 Å². The molecule has 2 saturated heterocycles. The Balaban J connectivity index is 1.64. The van der Waals surface area contributed by atoms with Crippen molar-refractivity contribution in [1.29, 1.82) is 0 Å². The van der Waals surface area contributed by atoms with Crippen molar-refractivity contribution in [2.45, 2.75) is 227 Å². The van der Waals surface area contributed by atoms with Gasteiger partial charge in [0.05, 0.1) is 0 Å². The number of piperidine rings is 2. The number of nitrogens with one attached hydrogen (secondary N) is 3. The van der Waals surface area contributed by atoms with E-state index in [2.05, 4.69) is 125 Å². The predicted molar refractivity (Wildman–Crippen MR) is 212 cm³/mol. The third-order valence-electron chi connectivity index (χ3n) is 10.9. The minimum absolute atomic E-state index is 0.0904. The van der Waals surface area contributed by atoms with Crippen LogP contribution in [0.2, 0.25) is 0 Å². The summed E-state index contributed by atoms with van der Waals surface area (Å²) in [6, 6.07) is 0.682. The summed E-state index contributed by atoms with van der Waals surface area (Å²) in [6.45, 7) is 37.4. The maximum absolute atomic E-state index is 5.23. The first-order valence-electron chi connectivity index (χ1n) is 20.3. The normalized spacial score (nSPS) is 22.0. The maximum Gasteiger partial charge on any atom is 0.226 e. The second-order valence-electron chi connectivity index (χ2n) is 20.7. The van der Waals surface area contributed by atoms with Gasteiger partial charge in [0.25, 0.3) is 0 Å². The molecule has 3 N–H and O–H groups in total. The number of nitrogens with zero attached hydrogens (tertiary/aromatic N) is 4. The summed E-state index contributed by atoms with van der Waals surface area (Å²) in [6.07, 6.45) is 15.6. The highest BCUT2D eigenvalue weighted by Crippen LogP contribution is 2.43. The fourth-order valence-electron chi connectivity index (χ4n) is 10.3. The molecule has 0 bridgehead atoms. The van der Waals surface area contributed by atoms with Gasteiger partial charge in [-0.2, -0.15) is 9.97 Å². The molecule has 49 heavy (non-hydrogen) atoms. The van der Waals surface area contributed by atoms with Gasteiger partial charge in [-0.05, 0) is 139 Å². The summed E-state index contributed by atoms with van der Waals surface area (Å²) >= 11 is 0. The van der Waals surface area contributed by atoms with Crippen molar-refractivity contribution in [1.82, 2.24) is 30.5 Å². The standard InChI is InChI=1S/C42H81N7/c1-16-34-43-35(45-36(44-34)46-42(14,15)30-37(3,4)5)33(31-26-38(6,7)47-39(8,9)27-31)24-22-20-18-19-21-23-25-49(17-2)32-28-40(10,11)48-41(12,13)29-32/h31-33,47-48H,16-30H2,1-15H3,(H,43,44,45,46). The van der Waals surface area contributed by atoms with E-state index in [1.165, 1.54) is 57.9 Å². The van der Waals surface area contributed by atoms with Gasteiger partial charge < -0.3 is 20.9 Å². The fraction of sp³-hybridized carbons (Fsp3) is 0.929. The van der Waals surface area contributed by atoms with E-state index in [-0.39, 0.29) is 33.1 Å². The lowest BCUT2D eigenvalue weighted by molar-refractivity contribution is 0.0681. The first-order chi connectivity index (χ1) is 22.4. The van der Waals surface area contributed by atoms with Crippen molar-refractivity contribution in [3.05, 3.63) is 11.6 Å². The maximum atomic E-state index is 5.23. The van der Waals surface area contributed by atoms with Crippen LogP contribution in [-0.2, 0) is 6.42 Å². The lowest BCUT2D eigenvalue weighted by Gasteiger charge is -2.49. The Labute approximate surface area is 304 Å². The lowest BCUT2D eigenvalue weighted by Crippen LogP contribution is -2.62. The molecule has 0 aromatic carbocycles. The van der Waals surface area contributed by atoms with Gasteiger partial charge >= 0.3 is 0 Å². The predicted octanol–water partition coefficient (Wildman–Crippen LogP) is 10.1. The number of anilines is 1. The quantitative estimate of drug-likeness (QED) is 0.141. The molecule has 0 amide bonds. The van der Waals surface area contributed by atoms with Crippen LogP contribution in [0.3, 0.4) is 0 Å². The van der Waals surface area contributed by atoms with E-state index in [1.54, 1.807) is 0 Å². The first-order valence-corrected chi connectivity index (χ1v) is 20.3. The van der Waals surface area contributed by atoms with Crippen molar-refractivity contribution >= 4 is 5.95 Å². The molecular weight excluding hydrogens is 603 g/mol. The van der Waals surface area contributed by atoms with E-state index in [1.807, 2.05) is 0 Å². The third kappa shape index (κ3) is 14.3. The van der Waals surface area contributed by atoms with E-state index in [0.29, 0.717) is 17.9 Å². The molecule has 1 unspecified atom stereocenters. The van der Waals surface area contributed by atoms with Crippen LogP contribution in [0.5, 0.6) is 0 Å². The molecule has 7 heteroatoms. The molecular formula is C42H81N7. The van der Waals surface area contributed by atoms with Gasteiger partial charge in [-0.25, -0.2) is 4.98 Å². The average molecular weight is 684 g/mol. The monoisotopic (exact) mass is 684 g/mol. The van der Waals surface area contributed by atoms with Crippen molar-refractivity contribution in [3.63, 3.8) is 0 Å². The highest BCUT2D eigenvalue weighted by molar-refractivity contribution is 5.30. The zero-order chi connectivity index (χ0) is 36.9. The van der Waals surface area contributed by atoms with Gasteiger partial charge in [-0.15, -0.1) is 0 Å². The van der Waals surface area contributed by atoms with Gasteiger partial charge in [0.1, 0.15) is 11.6 Å². The van der Waals surface area contributed by atoms with Gasteiger partial charge in [-0.3, -0.25) is 0 Å². The van der Waals surface area contributed by atoms with E-state index < -0.39 is 0 Å². The molecule has 1 atom stereocenters. The molecule has 0 spiro atoms. The van der Waals surface area contributed by atoms with Gasteiger partial charge in [-0.1, -0.05) is 66.7 Å². The number of unbranched alkanes of at least 4 members (excludes halogenated alkanes) is 5.